The van der Waals surface area contributed by atoms with Crippen LogP contribution in [0, 0.1) is 22.9 Å². The number of nitro benzene ring substituents is 1. The lowest BCUT2D eigenvalue weighted by atomic mass is 10.2. The molecule has 0 fully saturated rings. The van der Waals surface area contributed by atoms with Crippen molar-refractivity contribution in [2.24, 2.45) is 0 Å². The van der Waals surface area contributed by atoms with E-state index in [2.05, 4.69) is 10.3 Å². The maximum Gasteiger partial charge on any atom is 0.306 e. The van der Waals surface area contributed by atoms with Crippen LogP contribution in [0.1, 0.15) is 16.1 Å². The number of amides is 1. The molecule has 0 atom stereocenters. The number of halogens is 2. The number of nitrogens with one attached hydrogen (secondary N) is 1. The molecular weight excluding hydrogens is 301 g/mol. The van der Waals surface area contributed by atoms with Gasteiger partial charge in [-0.05, 0) is 31.2 Å². The van der Waals surface area contributed by atoms with Crippen LogP contribution < -0.4 is 5.32 Å². The minimum atomic E-state index is -0.971. The zero-order chi connectivity index (χ0) is 15.6. The van der Waals surface area contributed by atoms with Gasteiger partial charge in [0.05, 0.1) is 4.92 Å². The molecule has 6 nitrogen and oxygen atoms in total. The average molecular weight is 310 g/mol. The molecule has 1 aromatic carbocycles. The number of rotatable bonds is 3. The fraction of sp³-hybridized carbons (Fsp3) is 0.0769. The molecule has 1 heterocycles. The molecule has 0 aliphatic carbocycles. The second kappa shape index (κ2) is 5.84. The van der Waals surface area contributed by atoms with Crippen molar-refractivity contribution in [2.75, 3.05) is 5.32 Å². The number of benzene rings is 1. The summed E-state index contributed by atoms with van der Waals surface area (Å²) in [6.45, 7) is 1.67. The van der Waals surface area contributed by atoms with Gasteiger partial charge in [-0.3, -0.25) is 14.9 Å². The fourth-order valence-corrected chi connectivity index (χ4v) is 1.94. The number of pyridine rings is 1. The lowest BCUT2D eigenvalue weighted by Crippen LogP contribution is -2.12. The second-order valence-corrected chi connectivity index (χ2v) is 4.58. The summed E-state index contributed by atoms with van der Waals surface area (Å²) >= 11 is 5.75. The number of nitrogens with zero attached hydrogens (tertiary/aromatic N) is 2. The van der Waals surface area contributed by atoms with E-state index >= 15 is 0 Å². The Kier molecular flexibility index (Phi) is 4.13. The first-order valence-electron chi connectivity index (χ1n) is 5.76. The van der Waals surface area contributed by atoms with Crippen molar-refractivity contribution in [3.05, 3.63) is 62.7 Å². The maximum atomic E-state index is 13.2. The molecule has 2 aromatic rings. The fourth-order valence-electron chi connectivity index (χ4n) is 1.69. The largest absolute Gasteiger partial charge is 0.322 e. The van der Waals surface area contributed by atoms with Gasteiger partial charge in [0.25, 0.3) is 5.91 Å². The van der Waals surface area contributed by atoms with Crippen LogP contribution in [0.2, 0.25) is 5.15 Å². The van der Waals surface area contributed by atoms with Gasteiger partial charge in [-0.1, -0.05) is 11.6 Å². The van der Waals surface area contributed by atoms with Crippen LogP contribution in [0.25, 0.3) is 0 Å². The SMILES string of the molecule is Cc1cc(C(=O)Nc2ccc(F)c([N+](=O)[O-])c2)cc(Cl)n1. The molecule has 1 amide bonds. The van der Waals surface area contributed by atoms with Crippen molar-refractivity contribution in [1.29, 1.82) is 0 Å². The van der Waals surface area contributed by atoms with Crippen LogP contribution in [-0.2, 0) is 0 Å². The van der Waals surface area contributed by atoms with Crippen LogP contribution in [-0.4, -0.2) is 15.8 Å². The summed E-state index contributed by atoms with van der Waals surface area (Å²) < 4.78 is 13.2. The van der Waals surface area contributed by atoms with E-state index in [1.165, 1.54) is 18.2 Å². The molecule has 8 heteroatoms. The lowest BCUT2D eigenvalue weighted by molar-refractivity contribution is -0.387. The summed E-state index contributed by atoms with van der Waals surface area (Å²) in [6, 6.07) is 5.97. The van der Waals surface area contributed by atoms with E-state index in [4.69, 9.17) is 11.6 Å². The Bertz CT molecular complexity index is 716. The standard InChI is InChI=1S/C13H9ClFN3O3/c1-7-4-8(5-12(14)16-7)13(19)17-9-2-3-10(15)11(6-9)18(20)21/h2-6H,1H3,(H,17,19). The third-order valence-electron chi connectivity index (χ3n) is 2.59. The van der Waals surface area contributed by atoms with Gasteiger partial charge in [-0.25, -0.2) is 4.98 Å². The molecule has 2 rings (SSSR count). The predicted molar refractivity (Wildman–Crippen MR) is 75.0 cm³/mol. The van der Waals surface area contributed by atoms with E-state index in [0.717, 1.165) is 12.1 Å². The van der Waals surface area contributed by atoms with Crippen LogP contribution >= 0.6 is 11.6 Å². The first kappa shape index (κ1) is 14.9. The third kappa shape index (κ3) is 3.51. The highest BCUT2D eigenvalue weighted by molar-refractivity contribution is 6.29. The first-order valence-corrected chi connectivity index (χ1v) is 6.14. The van der Waals surface area contributed by atoms with E-state index in [9.17, 15) is 19.3 Å². The Labute approximate surface area is 123 Å². The van der Waals surface area contributed by atoms with Crippen molar-refractivity contribution in [2.45, 2.75) is 6.92 Å². The van der Waals surface area contributed by atoms with E-state index in [1.54, 1.807) is 6.92 Å². The highest BCUT2D eigenvalue weighted by Gasteiger charge is 2.16. The monoisotopic (exact) mass is 309 g/mol. The molecule has 0 saturated carbocycles. The van der Waals surface area contributed by atoms with Crippen LogP contribution in [0.3, 0.4) is 0 Å². The number of aryl methyl sites for hydroxylation is 1. The van der Waals surface area contributed by atoms with Crippen LogP contribution in [0.15, 0.2) is 30.3 Å². The van der Waals surface area contributed by atoms with Crippen molar-refractivity contribution >= 4 is 28.9 Å². The van der Waals surface area contributed by atoms with Gasteiger partial charge < -0.3 is 5.32 Å². The Balaban J connectivity index is 2.27. The van der Waals surface area contributed by atoms with Crippen molar-refractivity contribution in [1.82, 2.24) is 4.98 Å². The topological polar surface area (TPSA) is 85.1 Å². The van der Waals surface area contributed by atoms with Gasteiger partial charge in [0, 0.05) is 23.0 Å². The maximum absolute atomic E-state index is 13.2. The van der Waals surface area contributed by atoms with Gasteiger partial charge >= 0.3 is 5.69 Å². The van der Waals surface area contributed by atoms with E-state index in [1.807, 2.05) is 0 Å². The number of hydrogen-bond acceptors (Lipinski definition) is 4. The predicted octanol–water partition coefficient (Wildman–Crippen LogP) is 3.34. The van der Waals surface area contributed by atoms with Gasteiger partial charge in [0.2, 0.25) is 5.82 Å². The molecule has 1 aromatic heterocycles. The Morgan fingerprint density at radius 2 is 2.10 bits per heavy atom. The summed E-state index contributed by atoms with van der Waals surface area (Å²) in [4.78, 5) is 25.7. The Hall–Kier alpha value is -2.54. The minimum Gasteiger partial charge on any atom is -0.322 e. The van der Waals surface area contributed by atoms with Crippen LogP contribution in [0.4, 0.5) is 15.8 Å². The number of anilines is 1. The molecule has 1 N–H and O–H groups in total. The summed E-state index contributed by atoms with van der Waals surface area (Å²) in [6.07, 6.45) is 0. The van der Waals surface area contributed by atoms with E-state index in [-0.39, 0.29) is 16.4 Å². The average Bonchev–Trinajstić information content (AvgIpc) is 2.39. The van der Waals surface area contributed by atoms with E-state index in [0.29, 0.717) is 5.69 Å². The number of carbonyl (C=O) groups is 1. The molecule has 0 aliphatic rings. The van der Waals surface area contributed by atoms with Crippen molar-refractivity contribution in [3.63, 3.8) is 0 Å². The number of nitro groups is 1. The highest BCUT2D eigenvalue weighted by Crippen LogP contribution is 2.22. The zero-order valence-electron chi connectivity index (χ0n) is 10.8. The molecule has 0 bridgehead atoms. The molecule has 21 heavy (non-hydrogen) atoms. The van der Waals surface area contributed by atoms with Crippen molar-refractivity contribution in [3.8, 4) is 0 Å². The molecule has 0 aliphatic heterocycles. The van der Waals surface area contributed by atoms with Crippen LogP contribution in [0.5, 0.6) is 0 Å². The molecule has 108 valence electrons. The van der Waals surface area contributed by atoms with E-state index < -0.39 is 22.3 Å². The number of hydrogen-bond donors (Lipinski definition) is 1. The second-order valence-electron chi connectivity index (χ2n) is 4.20. The summed E-state index contributed by atoms with van der Waals surface area (Å²) in [5.74, 6) is -1.50. The zero-order valence-corrected chi connectivity index (χ0v) is 11.5. The molecule has 0 radical (unpaired) electrons. The number of carbonyl (C=O) groups excluding carboxylic acids is 1. The Morgan fingerprint density at radius 1 is 1.38 bits per heavy atom. The van der Waals surface area contributed by atoms with Crippen molar-refractivity contribution < 1.29 is 14.1 Å². The molecule has 0 unspecified atom stereocenters. The highest BCUT2D eigenvalue weighted by atomic mass is 35.5. The molecule has 0 spiro atoms. The number of aromatic nitrogens is 1. The molecular formula is C13H9ClFN3O3. The lowest BCUT2D eigenvalue weighted by Gasteiger charge is -2.06. The minimum absolute atomic E-state index is 0.110. The van der Waals surface area contributed by atoms with Gasteiger partial charge in [-0.15, -0.1) is 0 Å². The summed E-state index contributed by atoms with van der Waals surface area (Å²) in [5, 5.41) is 13.2. The van der Waals surface area contributed by atoms with Gasteiger partial charge in [0.1, 0.15) is 5.15 Å². The quantitative estimate of drug-likeness (QED) is 0.535. The molecule has 0 saturated heterocycles. The smallest absolute Gasteiger partial charge is 0.306 e. The third-order valence-corrected chi connectivity index (χ3v) is 2.78. The summed E-state index contributed by atoms with van der Waals surface area (Å²) in [7, 11) is 0. The van der Waals surface area contributed by atoms with Gasteiger partial charge in [0.15, 0.2) is 0 Å². The normalized spacial score (nSPS) is 10.2. The first-order chi connectivity index (χ1) is 9.86. The van der Waals surface area contributed by atoms with Gasteiger partial charge in [-0.2, -0.15) is 4.39 Å². The summed E-state index contributed by atoms with van der Waals surface area (Å²) in [5.41, 5.74) is 0.202. The Morgan fingerprint density at radius 3 is 2.71 bits per heavy atom.